The molecule has 0 spiro atoms. The van der Waals surface area contributed by atoms with Gasteiger partial charge in [0.1, 0.15) is 0 Å². The number of rotatable bonds is 8. The van der Waals surface area contributed by atoms with Crippen LogP contribution in [-0.4, -0.2) is 40.0 Å². The van der Waals surface area contributed by atoms with E-state index in [1.807, 2.05) is 24.3 Å². The SMILES string of the molecule is CCN(CC)Cc1ccc(N/C(=C2\C(=O)Nc3ccc(C(=O)O)cc32)c2ccncc2)cc1. The number of nitrogens with one attached hydrogen (secondary N) is 2. The highest BCUT2D eigenvalue weighted by molar-refractivity contribution is 6.37. The third-order valence-electron chi connectivity index (χ3n) is 5.75. The first-order valence-corrected chi connectivity index (χ1v) is 10.9. The van der Waals surface area contributed by atoms with Crippen LogP contribution in [0.2, 0.25) is 0 Å². The molecule has 4 rings (SSSR count). The minimum Gasteiger partial charge on any atom is -0.478 e. The molecule has 0 bridgehead atoms. The topological polar surface area (TPSA) is 94.6 Å². The van der Waals surface area contributed by atoms with Gasteiger partial charge in [0.25, 0.3) is 5.91 Å². The van der Waals surface area contributed by atoms with Crippen LogP contribution in [0.5, 0.6) is 0 Å². The number of anilines is 2. The van der Waals surface area contributed by atoms with Gasteiger partial charge >= 0.3 is 5.97 Å². The van der Waals surface area contributed by atoms with Crippen LogP contribution in [-0.2, 0) is 11.3 Å². The summed E-state index contributed by atoms with van der Waals surface area (Å²) in [5, 5.41) is 15.7. The van der Waals surface area contributed by atoms with E-state index in [-0.39, 0.29) is 11.5 Å². The van der Waals surface area contributed by atoms with E-state index in [9.17, 15) is 14.7 Å². The van der Waals surface area contributed by atoms with Gasteiger partial charge in [0.2, 0.25) is 0 Å². The Morgan fingerprint density at radius 3 is 2.33 bits per heavy atom. The number of carbonyl (C=O) groups excluding carboxylic acids is 1. The largest absolute Gasteiger partial charge is 0.478 e. The first-order valence-electron chi connectivity index (χ1n) is 10.9. The Balaban J connectivity index is 1.75. The van der Waals surface area contributed by atoms with Crippen LogP contribution in [0.15, 0.2) is 67.0 Å². The molecule has 0 radical (unpaired) electrons. The molecular formula is C26H26N4O3. The average Bonchev–Trinajstić information content (AvgIpc) is 3.17. The summed E-state index contributed by atoms with van der Waals surface area (Å²) in [6, 6.07) is 16.4. The van der Waals surface area contributed by atoms with Crippen molar-refractivity contribution in [3.8, 4) is 0 Å². The van der Waals surface area contributed by atoms with Crippen molar-refractivity contribution >= 4 is 34.5 Å². The highest BCUT2D eigenvalue weighted by Gasteiger charge is 2.29. The molecule has 2 heterocycles. The van der Waals surface area contributed by atoms with Crippen molar-refractivity contribution in [2.45, 2.75) is 20.4 Å². The van der Waals surface area contributed by atoms with Gasteiger partial charge in [-0.3, -0.25) is 14.7 Å². The molecule has 3 N–H and O–H groups in total. The van der Waals surface area contributed by atoms with Crippen LogP contribution in [0.4, 0.5) is 11.4 Å². The van der Waals surface area contributed by atoms with E-state index in [0.717, 1.165) is 30.9 Å². The second-order valence-electron chi connectivity index (χ2n) is 7.79. The standard InChI is InChI=1S/C26H26N4O3/c1-3-30(4-2)16-17-5-8-20(9-6-17)28-24(18-11-13-27-14-12-18)23-21-15-19(26(32)33)7-10-22(21)29-25(23)31/h5-15,28H,3-4,16H2,1-2H3,(H,29,31)(H,32,33)/b24-23-. The molecule has 0 saturated heterocycles. The van der Waals surface area contributed by atoms with Crippen LogP contribution in [0.1, 0.15) is 40.9 Å². The number of hydrogen-bond donors (Lipinski definition) is 3. The molecule has 1 amide bonds. The summed E-state index contributed by atoms with van der Waals surface area (Å²) in [4.78, 5) is 30.9. The van der Waals surface area contributed by atoms with Crippen LogP contribution in [0.25, 0.3) is 11.3 Å². The van der Waals surface area contributed by atoms with Gasteiger partial charge in [0.05, 0.1) is 16.8 Å². The van der Waals surface area contributed by atoms with Crippen LogP contribution in [0, 0.1) is 0 Å². The lowest BCUT2D eigenvalue weighted by molar-refractivity contribution is -0.110. The van der Waals surface area contributed by atoms with Crippen molar-refractivity contribution in [3.05, 3.63) is 89.2 Å². The first kappa shape index (κ1) is 22.2. The van der Waals surface area contributed by atoms with Gasteiger partial charge in [-0.1, -0.05) is 26.0 Å². The fraction of sp³-hybridized carbons (Fsp3) is 0.192. The maximum absolute atomic E-state index is 13.0. The molecule has 33 heavy (non-hydrogen) atoms. The molecule has 1 aromatic heterocycles. The van der Waals surface area contributed by atoms with Crippen molar-refractivity contribution in [2.75, 3.05) is 23.7 Å². The number of fused-ring (bicyclic) bond motifs is 1. The molecule has 3 aromatic rings. The van der Waals surface area contributed by atoms with Gasteiger partial charge in [-0.15, -0.1) is 0 Å². The minimum atomic E-state index is -1.04. The van der Waals surface area contributed by atoms with Crippen LogP contribution < -0.4 is 10.6 Å². The summed E-state index contributed by atoms with van der Waals surface area (Å²) in [6.07, 6.45) is 3.32. The highest BCUT2D eigenvalue weighted by atomic mass is 16.4. The molecule has 1 aliphatic rings. The molecule has 2 aromatic carbocycles. The normalized spacial score (nSPS) is 14.1. The fourth-order valence-corrected chi connectivity index (χ4v) is 3.89. The number of nitrogens with zero attached hydrogens (tertiary/aromatic N) is 2. The van der Waals surface area contributed by atoms with E-state index in [1.165, 1.54) is 17.7 Å². The highest BCUT2D eigenvalue weighted by Crippen LogP contribution is 2.38. The number of aromatic carboxylic acids is 1. The van der Waals surface area contributed by atoms with Gasteiger partial charge in [0.15, 0.2) is 0 Å². The lowest BCUT2D eigenvalue weighted by atomic mass is 9.99. The maximum Gasteiger partial charge on any atom is 0.335 e. The number of hydrogen-bond acceptors (Lipinski definition) is 5. The Morgan fingerprint density at radius 1 is 1.00 bits per heavy atom. The van der Waals surface area contributed by atoms with Crippen molar-refractivity contribution in [1.29, 1.82) is 0 Å². The number of carbonyl (C=O) groups is 2. The first-order chi connectivity index (χ1) is 16.0. The van der Waals surface area contributed by atoms with E-state index in [2.05, 4.69) is 46.5 Å². The third kappa shape index (κ3) is 4.78. The predicted octanol–water partition coefficient (Wildman–Crippen LogP) is 4.55. The fourth-order valence-electron chi connectivity index (χ4n) is 3.89. The Hall–Kier alpha value is -3.97. The summed E-state index contributed by atoms with van der Waals surface area (Å²) < 4.78 is 0. The molecule has 0 aliphatic carbocycles. The van der Waals surface area contributed by atoms with Gasteiger partial charge < -0.3 is 15.7 Å². The van der Waals surface area contributed by atoms with Crippen molar-refractivity contribution < 1.29 is 14.7 Å². The van der Waals surface area contributed by atoms with Crippen molar-refractivity contribution in [1.82, 2.24) is 9.88 Å². The second-order valence-corrected chi connectivity index (χ2v) is 7.79. The summed E-state index contributed by atoms with van der Waals surface area (Å²) in [7, 11) is 0. The minimum absolute atomic E-state index is 0.123. The summed E-state index contributed by atoms with van der Waals surface area (Å²) in [6.45, 7) is 7.14. The molecule has 0 fully saturated rings. The van der Waals surface area contributed by atoms with E-state index in [1.54, 1.807) is 18.5 Å². The smallest absolute Gasteiger partial charge is 0.335 e. The van der Waals surface area contributed by atoms with E-state index < -0.39 is 5.97 Å². The molecule has 1 aliphatic heterocycles. The molecule has 0 unspecified atom stereocenters. The Bertz CT molecular complexity index is 1200. The third-order valence-corrected chi connectivity index (χ3v) is 5.75. The monoisotopic (exact) mass is 442 g/mol. The lowest BCUT2D eigenvalue weighted by Gasteiger charge is -2.19. The van der Waals surface area contributed by atoms with E-state index in [0.29, 0.717) is 22.5 Å². The zero-order valence-electron chi connectivity index (χ0n) is 18.6. The number of benzene rings is 2. The number of amides is 1. The molecular weight excluding hydrogens is 416 g/mol. The number of carboxylic acid groups (broad SMARTS) is 1. The predicted molar refractivity (Wildman–Crippen MR) is 130 cm³/mol. The van der Waals surface area contributed by atoms with Crippen LogP contribution >= 0.6 is 0 Å². The van der Waals surface area contributed by atoms with E-state index >= 15 is 0 Å². The molecule has 7 nitrogen and oxygen atoms in total. The summed E-state index contributed by atoms with van der Waals surface area (Å²) in [5.41, 5.74) is 5.05. The van der Waals surface area contributed by atoms with Gasteiger partial charge in [-0.25, -0.2) is 4.79 Å². The Kier molecular flexibility index (Phi) is 6.51. The summed E-state index contributed by atoms with van der Waals surface area (Å²) in [5.74, 6) is -1.33. The van der Waals surface area contributed by atoms with Gasteiger partial charge in [-0.2, -0.15) is 0 Å². The molecule has 0 atom stereocenters. The number of pyridine rings is 1. The quantitative estimate of drug-likeness (QED) is 0.443. The van der Waals surface area contributed by atoms with Crippen LogP contribution in [0.3, 0.4) is 0 Å². The van der Waals surface area contributed by atoms with Gasteiger partial charge in [0, 0.05) is 41.4 Å². The Morgan fingerprint density at radius 2 is 1.70 bits per heavy atom. The number of aromatic nitrogens is 1. The van der Waals surface area contributed by atoms with Gasteiger partial charge in [-0.05, 0) is 61.1 Å². The maximum atomic E-state index is 13.0. The zero-order valence-corrected chi connectivity index (χ0v) is 18.6. The van der Waals surface area contributed by atoms with E-state index in [4.69, 9.17) is 0 Å². The zero-order chi connectivity index (χ0) is 23.4. The molecule has 0 saturated carbocycles. The average molecular weight is 443 g/mol. The second kappa shape index (κ2) is 9.67. The molecule has 168 valence electrons. The molecule has 7 heteroatoms. The van der Waals surface area contributed by atoms with Crippen molar-refractivity contribution in [2.24, 2.45) is 0 Å². The van der Waals surface area contributed by atoms with Crippen molar-refractivity contribution in [3.63, 3.8) is 0 Å². The Labute approximate surface area is 192 Å². The number of carboxylic acids is 1. The summed E-state index contributed by atoms with van der Waals surface area (Å²) >= 11 is 0. The lowest BCUT2D eigenvalue weighted by Crippen LogP contribution is -2.22.